The molecule has 0 bridgehead atoms. The average molecular weight is 492 g/mol. The van der Waals surface area contributed by atoms with Gasteiger partial charge in [0.2, 0.25) is 0 Å². The summed E-state index contributed by atoms with van der Waals surface area (Å²) in [6.45, 7) is 2.88. The normalized spacial score (nSPS) is 13.1. The van der Waals surface area contributed by atoms with Gasteiger partial charge in [-0.25, -0.2) is 4.79 Å². The van der Waals surface area contributed by atoms with Gasteiger partial charge in [-0.05, 0) is 54.7 Å². The number of carboxylic acids is 1. The van der Waals surface area contributed by atoms with Crippen molar-refractivity contribution in [1.29, 1.82) is 0 Å². The first-order valence-electron chi connectivity index (χ1n) is 11.0. The molecule has 8 heteroatoms. The number of thiophene rings is 1. The summed E-state index contributed by atoms with van der Waals surface area (Å²) in [5.41, 5.74) is 3.27. The SMILES string of the molecule is COc1cc(C#Cc2sc3c(c2C(=O)N[C@@H](C)c2ccc(C(=O)O)cc2)CCOC3)cc(OC)c1. The minimum atomic E-state index is -0.989. The van der Waals surface area contributed by atoms with Gasteiger partial charge in [-0.3, -0.25) is 4.79 Å². The Kier molecular flexibility index (Phi) is 7.39. The average Bonchev–Trinajstić information content (AvgIpc) is 3.25. The number of nitrogens with one attached hydrogen (secondary N) is 1. The predicted molar refractivity (Wildman–Crippen MR) is 132 cm³/mol. The van der Waals surface area contributed by atoms with E-state index in [1.807, 2.05) is 19.1 Å². The molecule has 0 radical (unpaired) electrons. The molecule has 0 fully saturated rings. The van der Waals surface area contributed by atoms with Crippen LogP contribution in [0.15, 0.2) is 42.5 Å². The lowest BCUT2D eigenvalue weighted by Gasteiger charge is -2.17. The third-order valence-electron chi connectivity index (χ3n) is 5.72. The van der Waals surface area contributed by atoms with Crippen molar-refractivity contribution in [3.05, 3.63) is 80.0 Å². The van der Waals surface area contributed by atoms with E-state index in [0.29, 0.717) is 47.1 Å². The number of aromatic carboxylic acids is 1. The fraction of sp³-hybridized carbons (Fsp3) is 0.259. The zero-order valence-corrected chi connectivity index (χ0v) is 20.5. The summed E-state index contributed by atoms with van der Waals surface area (Å²) in [5.74, 6) is 6.38. The highest BCUT2D eigenvalue weighted by molar-refractivity contribution is 7.13. The first-order valence-corrected chi connectivity index (χ1v) is 11.8. The lowest BCUT2D eigenvalue weighted by atomic mass is 10.0. The van der Waals surface area contributed by atoms with Crippen molar-refractivity contribution in [1.82, 2.24) is 5.32 Å². The number of hydrogen-bond donors (Lipinski definition) is 2. The smallest absolute Gasteiger partial charge is 0.335 e. The first kappa shape index (κ1) is 24.3. The lowest BCUT2D eigenvalue weighted by Crippen LogP contribution is -2.28. The number of ether oxygens (including phenoxy) is 3. The number of fused-ring (bicyclic) bond motifs is 1. The maximum atomic E-state index is 13.4. The zero-order chi connectivity index (χ0) is 24.9. The molecule has 0 saturated carbocycles. The molecule has 0 aliphatic carbocycles. The van der Waals surface area contributed by atoms with E-state index in [1.165, 1.54) is 23.5 Å². The van der Waals surface area contributed by atoms with Gasteiger partial charge < -0.3 is 24.6 Å². The summed E-state index contributed by atoms with van der Waals surface area (Å²) in [6, 6.07) is 11.6. The van der Waals surface area contributed by atoms with Gasteiger partial charge in [0, 0.05) is 16.5 Å². The fourth-order valence-electron chi connectivity index (χ4n) is 3.84. The van der Waals surface area contributed by atoms with Gasteiger partial charge in [-0.1, -0.05) is 18.1 Å². The second kappa shape index (κ2) is 10.6. The summed E-state index contributed by atoms with van der Waals surface area (Å²) >= 11 is 1.47. The third kappa shape index (κ3) is 5.48. The fourth-order valence-corrected chi connectivity index (χ4v) is 4.97. The lowest BCUT2D eigenvalue weighted by molar-refractivity contribution is 0.0696. The Morgan fingerprint density at radius 2 is 1.77 bits per heavy atom. The molecule has 1 atom stereocenters. The van der Waals surface area contributed by atoms with Gasteiger partial charge in [-0.2, -0.15) is 0 Å². The van der Waals surface area contributed by atoms with Gasteiger partial charge >= 0.3 is 5.97 Å². The van der Waals surface area contributed by atoms with Crippen LogP contribution < -0.4 is 14.8 Å². The molecule has 3 aromatic rings. The number of carbonyl (C=O) groups excluding carboxylic acids is 1. The van der Waals surface area contributed by atoms with Crippen LogP contribution in [0.1, 0.15) is 60.1 Å². The largest absolute Gasteiger partial charge is 0.497 e. The first-order chi connectivity index (χ1) is 16.9. The van der Waals surface area contributed by atoms with Crippen molar-refractivity contribution < 1.29 is 28.9 Å². The molecule has 2 heterocycles. The summed E-state index contributed by atoms with van der Waals surface area (Å²) in [5, 5.41) is 12.2. The maximum absolute atomic E-state index is 13.4. The minimum Gasteiger partial charge on any atom is -0.497 e. The molecule has 4 rings (SSSR count). The molecule has 35 heavy (non-hydrogen) atoms. The van der Waals surface area contributed by atoms with Gasteiger partial charge in [0.05, 0.1) is 49.5 Å². The Morgan fingerprint density at radius 3 is 2.40 bits per heavy atom. The van der Waals surface area contributed by atoms with Gasteiger partial charge in [0.15, 0.2) is 0 Å². The summed E-state index contributed by atoms with van der Waals surface area (Å²) < 4.78 is 16.2. The van der Waals surface area contributed by atoms with E-state index in [9.17, 15) is 9.59 Å². The number of benzene rings is 2. The number of carboxylic acid groups (broad SMARTS) is 1. The van der Waals surface area contributed by atoms with Crippen LogP contribution in [-0.2, 0) is 17.8 Å². The van der Waals surface area contributed by atoms with Crippen molar-refractivity contribution in [2.24, 2.45) is 0 Å². The van der Waals surface area contributed by atoms with E-state index in [2.05, 4.69) is 17.2 Å². The number of hydrogen-bond acceptors (Lipinski definition) is 6. The minimum absolute atomic E-state index is 0.200. The van der Waals surface area contributed by atoms with E-state index in [1.54, 1.807) is 32.4 Å². The van der Waals surface area contributed by atoms with E-state index >= 15 is 0 Å². The Hall–Kier alpha value is -3.80. The molecule has 180 valence electrons. The number of methoxy groups -OCH3 is 2. The van der Waals surface area contributed by atoms with Crippen LogP contribution in [-0.4, -0.2) is 37.8 Å². The molecule has 2 aromatic carbocycles. The van der Waals surface area contributed by atoms with Crippen molar-refractivity contribution in [3.63, 3.8) is 0 Å². The Labute approximate surface area is 207 Å². The molecule has 1 amide bonds. The van der Waals surface area contributed by atoms with Crippen LogP contribution in [0.3, 0.4) is 0 Å². The molecule has 7 nitrogen and oxygen atoms in total. The summed E-state index contributed by atoms with van der Waals surface area (Å²) in [4.78, 5) is 26.2. The molecule has 0 saturated heterocycles. The Bertz CT molecular complexity index is 1290. The van der Waals surface area contributed by atoms with Crippen LogP contribution in [0.25, 0.3) is 0 Å². The molecule has 0 unspecified atom stereocenters. The molecule has 0 spiro atoms. The second-order valence-electron chi connectivity index (χ2n) is 7.98. The summed E-state index contributed by atoms with van der Waals surface area (Å²) in [6.07, 6.45) is 0.644. The van der Waals surface area contributed by atoms with E-state index in [0.717, 1.165) is 16.0 Å². The number of carbonyl (C=O) groups is 2. The van der Waals surface area contributed by atoms with Crippen LogP contribution in [0.5, 0.6) is 11.5 Å². The van der Waals surface area contributed by atoms with Crippen LogP contribution in [0.4, 0.5) is 0 Å². The highest BCUT2D eigenvalue weighted by Gasteiger charge is 2.26. The molecule has 1 aliphatic rings. The Balaban J connectivity index is 1.64. The standard InChI is InChI=1S/C27H25NO6S/c1-16(18-5-7-19(8-6-18)27(30)31)28-26(29)25-22-10-11-34-15-24(22)35-23(25)9-4-17-12-20(32-2)14-21(13-17)33-3/h5-8,12-14,16H,10-11,15H2,1-3H3,(H,28,29)(H,30,31)/t16-/m0/s1. The predicted octanol–water partition coefficient (Wildman–Crippen LogP) is 4.43. The van der Waals surface area contributed by atoms with Crippen LogP contribution >= 0.6 is 11.3 Å². The molecule has 1 aliphatic heterocycles. The number of amides is 1. The maximum Gasteiger partial charge on any atom is 0.335 e. The van der Waals surface area contributed by atoms with Crippen LogP contribution in [0.2, 0.25) is 0 Å². The van der Waals surface area contributed by atoms with Crippen LogP contribution in [0, 0.1) is 11.8 Å². The molecule has 2 N–H and O–H groups in total. The van der Waals surface area contributed by atoms with Crippen molar-refractivity contribution >= 4 is 23.2 Å². The highest BCUT2D eigenvalue weighted by atomic mass is 32.1. The van der Waals surface area contributed by atoms with Crippen molar-refractivity contribution in [2.75, 3.05) is 20.8 Å². The summed E-state index contributed by atoms with van der Waals surface area (Å²) in [7, 11) is 3.16. The van der Waals surface area contributed by atoms with Crippen molar-refractivity contribution in [2.45, 2.75) is 26.0 Å². The van der Waals surface area contributed by atoms with Gasteiger partial charge in [-0.15, -0.1) is 11.3 Å². The quantitative estimate of drug-likeness (QED) is 0.496. The van der Waals surface area contributed by atoms with Gasteiger partial charge in [0.1, 0.15) is 11.5 Å². The van der Waals surface area contributed by atoms with Gasteiger partial charge in [0.25, 0.3) is 5.91 Å². The monoisotopic (exact) mass is 491 g/mol. The molecular weight excluding hydrogens is 466 g/mol. The van der Waals surface area contributed by atoms with Crippen molar-refractivity contribution in [3.8, 4) is 23.3 Å². The molecule has 1 aromatic heterocycles. The van der Waals surface area contributed by atoms with E-state index in [4.69, 9.17) is 19.3 Å². The topological polar surface area (TPSA) is 94.1 Å². The van der Waals surface area contributed by atoms with E-state index in [-0.39, 0.29) is 17.5 Å². The third-order valence-corrected chi connectivity index (χ3v) is 6.85. The highest BCUT2D eigenvalue weighted by Crippen LogP contribution is 2.33. The zero-order valence-electron chi connectivity index (χ0n) is 19.6. The Morgan fingerprint density at radius 1 is 1.09 bits per heavy atom. The molecular formula is C27H25NO6S. The number of rotatable bonds is 6. The second-order valence-corrected chi connectivity index (χ2v) is 9.09. The van der Waals surface area contributed by atoms with E-state index < -0.39 is 5.97 Å².